The normalized spacial score (nSPS) is 10.5. The Morgan fingerprint density at radius 3 is 2.00 bits per heavy atom. The second kappa shape index (κ2) is 9.67. The second-order valence-corrected chi connectivity index (χ2v) is 6.50. The molecule has 142 valence electrons. The first-order valence-corrected chi connectivity index (χ1v) is 9.26. The van der Waals surface area contributed by atoms with Gasteiger partial charge in [0.25, 0.3) is 0 Å². The second-order valence-electron chi connectivity index (χ2n) is 6.50. The maximum Gasteiger partial charge on any atom is 0.193 e. The van der Waals surface area contributed by atoms with Crippen LogP contribution in [0.4, 0.5) is 0 Å². The molecule has 0 aliphatic carbocycles. The molecule has 0 N–H and O–H groups in total. The summed E-state index contributed by atoms with van der Waals surface area (Å²) in [6.07, 6.45) is 2.63. The number of carbonyl (C=O) groups is 1. The molecule has 0 heterocycles. The quantitative estimate of drug-likeness (QED) is 0.376. The van der Waals surface area contributed by atoms with E-state index in [1.165, 1.54) is 0 Å². The van der Waals surface area contributed by atoms with Gasteiger partial charge in [-0.25, -0.2) is 0 Å². The van der Waals surface area contributed by atoms with Crippen LogP contribution >= 0.6 is 0 Å². The maximum atomic E-state index is 12.5. The van der Waals surface area contributed by atoms with Crippen molar-refractivity contribution >= 4 is 11.9 Å². The third kappa shape index (κ3) is 5.18. The summed E-state index contributed by atoms with van der Waals surface area (Å²) in [4.78, 5) is 12.5. The fourth-order valence-electron chi connectivity index (χ4n) is 2.86. The highest BCUT2D eigenvalue weighted by Crippen LogP contribution is 2.16. The van der Waals surface area contributed by atoms with E-state index >= 15 is 0 Å². The standard InChI is InChI=1S/C25H24O3/c1-3-19-4-6-21(7-5-19)18-28-17-16-20-8-10-22(11-9-20)25(26)23-12-14-24(27-2)15-13-23/h3-15H,1,16-18H2,2H3. The van der Waals surface area contributed by atoms with Crippen molar-refractivity contribution in [3.8, 4) is 5.75 Å². The lowest BCUT2D eigenvalue weighted by molar-refractivity contribution is 0.103. The van der Waals surface area contributed by atoms with Crippen molar-refractivity contribution in [2.45, 2.75) is 13.0 Å². The van der Waals surface area contributed by atoms with E-state index in [4.69, 9.17) is 9.47 Å². The minimum atomic E-state index is 0.00780. The minimum absolute atomic E-state index is 0.00780. The van der Waals surface area contributed by atoms with Crippen LogP contribution in [0.3, 0.4) is 0 Å². The van der Waals surface area contributed by atoms with Gasteiger partial charge in [0, 0.05) is 11.1 Å². The van der Waals surface area contributed by atoms with Crippen LogP contribution in [-0.2, 0) is 17.8 Å². The molecule has 0 bridgehead atoms. The van der Waals surface area contributed by atoms with Gasteiger partial charge in [0.1, 0.15) is 5.75 Å². The Labute approximate surface area is 166 Å². The van der Waals surface area contributed by atoms with Crippen molar-refractivity contribution in [1.29, 1.82) is 0 Å². The molecule has 3 rings (SSSR count). The summed E-state index contributed by atoms with van der Waals surface area (Å²) in [5.41, 5.74) is 4.73. The highest BCUT2D eigenvalue weighted by Gasteiger charge is 2.09. The van der Waals surface area contributed by atoms with Crippen LogP contribution in [0.5, 0.6) is 5.75 Å². The fourth-order valence-corrected chi connectivity index (χ4v) is 2.86. The van der Waals surface area contributed by atoms with Gasteiger partial charge in [0.15, 0.2) is 5.78 Å². The van der Waals surface area contributed by atoms with E-state index in [1.54, 1.807) is 31.4 Å². The third-order valence-corrected chi connectivity index (χ3v) is 4.59. The molecule has 0 aliphatic heterocycles. The topological polar surface area (TPSA) is 35.5 Å². The predicted octanol–water partition coefficient (Wildman–Crippen LogP) is 5.33. The monoisotopic (exact) mass is 372 g/mol. The molecule has 0 aromatic heterocycles. The number of hydrogen-bond acceptors (Lipinski definition) is 3. The molecule has 3 aromatic rings. The largest absolute Gasteiger partial charge is 0.497 e. The van der Waals surface area contributed by atoms with Crippen LogP contribution in [0.1, 0.15) is 32.6 Å². The lowest BCUT2D eigenvalue weighted by Crippen LogP contribution is -2.03. The number of benzene rings is 3. The van der Waals surface area contributed by atoms with Crippen LogP contribution in [0.15, 0.2) is 79.4 Å². The Kier molecular flexibility index (Phi) is 6.77. The Balaban J connectivity index is 1.49. The van der Waals surface area contributed by atoms with E-state index < -0.39 is 0 Å². The zero-order valence-corrected chi connectivity index (χ0v) is 16.1. The van der Waals surface area contributed by atoms with Gasteiger partial charge in [-0.3, -0.25) is 4.79 Å². The molecule has 3 aromatic carbocycles. The van der Waals surface area contributed by atoms with E-state index in [1.807, 2.05) is 42.5 Å². The van der Waals surface area contributed by atoms with Crippen LogP contribution in [0.25, 0.3) is 6.08 Å². The lowest BCUT2D eigenvalue weighted by Gasteiger charge is -2.07. The van der Waals surface area contributed by atoms with Crippen molar-refractivity contribution in [3.05, 3.63) is 107 Å². The van der Waals surface area contributed by atoms with Crippen LogP contribution in [0, 0.1) is 0 Å². The molecule has 0 unspecified atom stereocenters. The van der Waals surface area contributed by atoms with Crippen molar-refractivity contribution < 1.29 is 14.3 Å². The summed E-state index contributed by atoms with van der Waals surface area (Å²) in [6.45, 7) is 4.98. The number of hydrogen-bond donors (Lipinski definition) is 0. The van der Waals surface area contributed by atoms with Crippen molar-refractivity contribution in [1.82, 2.24) is 0 Å². The Bertz CT molecular complexity index is 908. The van der Waals surface area contributed by atoms with Gasteiger partial charge < -0.3 is 9.47 Å². The lowest BCUT2D eigenvalue weighted by atomic mass is 10.0. The van der Waals surface area contributed by atoms with Crippen molar-refractivity contribution in [2.24, 2.45) is 0 Å². The first kappa shape index (κ1) is 19.6. The maximum absolute atomic E-state index is 12.5. The first-order valence-electron chi connectivity index (χ1n) is 9.26. The molecule has 28 heavy (non-hydrogen) atoms. The summed E-state index contributed by atoms with van der Waals surface area (Å²) in [6, 6.07) is 23.0. The fraction of sp³-hybridized carbons (Fsp3) is 0.160. The molecule has 0 radical (unpaired) electrons. The summed E-state index contributed by atoms with van der Waals surface area (Å²) in [5.74, 6) is 0.747. The van der Waals surface area contributed by atoms with Gasteiger partial charge in [-0.15, -0.1) is 0 Å². The van der Waals surface area contributed by atoms with Gasteiger partial charge in [0.2, 0.25) is 0 Å². The SMILES string of the molecule is C=Cc1ccc(COCCc2ccc(C(=O)c3ccc(OC)cc3)cc2)cc1. The molecule has 3 nitrogen and oxygen atoms in total. The molecule has 0 saturated heterocycles. The van der Waals surface area contributed by atoms with Crippen LogP contribution in [0.2, 0.25) is 0 Å². The Morgan fingerprint density at radius 1 is 0.857 bits per heavy atom. The molecular formula is C25H24O3. The van der Waals surface area contributed by atoms with E-state index in [0.717, 1.165) is 28.9 Å². The summed E-state index contributed by atoms with van der Waals surface area (Å²) in [5, 5.41) is 0. The van der Waals surface area contributed by atoms with Crippen LogP contribution in [-0.4, -0.2) is 19.5 Å². The average molecular weight is 372 g/mol. The molecule has 0 atom stereocenters. The highest BCUT2D eigenvalue weighted by atomic mass is 16.5. The van der Waals surface area contributed by atoms with Crippen molar-refractivity contribution in [2.75, 3.05) is 13.7 Å². The number of ketones is 1. The highest BCUT2D eigenvalue weighted by molar-refractivity contribution is 6.09. The first-order chi connectivity index (χ1) is 13.7. The molecular weight excluding hydrogens is 348 g/mol. The van der Waals surface area contributed by atoms with E-state index in [0.29, 0.717) is 24.3 Å². The number of methoxy groups -OCH3 is 1. The number of carbonyl (C=O) groups excluding carboxylic acids is 1. The zero-order chi connectivity index (χ0) is 19.8. The average Bonchev–Trinajstić information content (AvgIpc) is 2.77. The van der Waals surface area contributed by atoms with Gasteiger partial charge >= 0.3 is 0 Å². The molecule has 3 heteroatoms. The summed E-state index contributed by atoms with van der Waals surface area (Å²) >= 11 is 0. The molecule has 0 amide bonds. The Morgan fingerprint density at radius 2 is 1.43 bits per heavy atom. The number of rotatable bonds is 9. The smallest absolute Gasteiger partial charge is 0.193 e. The Hall–Kier alpha value is -3.17. The zero-order valence-electron chi connectivity index (χ0n) is 16.1. The minimum Gasteiger partial charge on any atom is -0.497 e. The van der Waals surface area contributed by atoms with Crippen molar-refractivity contribution in [3.63, 3.8) is 0 Å². The third-order valence-electron chi connectivity index (χ3n) is 4.59. The molecule has 0 saturated carbocycles. The van der Waals surface area contributed by atoms with Gasteiger partial charge in [-0.2, -0.15) is 0 Å². The van der Waals surface area contributed by atoms with E-state index in [9.17, 15) is 4.79 Å². The predicted molar refractivity (Wildman–Crippen MR) is 113 cm³/mol. The van der Waals surface area contributed by atoms with Gasteiger partial charge in [-0.05, 0) is 47.4 Å². The van der Waals surface area contributed by atoms with Gasteiger partial charge in [0.05, 0.1) is 20.3 Å². The summed E-state index contributed by atoms with van der Waals surface area (Å²) < 4.78 is 10.9. The van der Waals surface area contributed by atoms with E-state index in [-0.39, 0.29) is 5.78 Å². The molecule has 0 fully saturated rings. The summed E-state index contributed by atoms with van der Waals surface area (Å²) in [7, 11) is 1.61. The van der Waals surface area contributed by atoms with E-state index in [2.05, 4.69) is 18.7 Å². The van der Waals surface area contributed by atoms with Gasteiger partial charge in [-0.1, -0.05) is 61.2 Å². The molecule has 0 aliphatic rings. The number of ether oxygens (including phenoxy) is 2. The van der Waals surface area contributed by atoms with Crippen LogP contribution < -0.4 is 4.74 Å². The molecule has 0 spiro atoms.